The minimum absolute atomic E-state index is 0.0625. The summed E-state index contributed by atoms with van der Waals surface area (Å²) in [6.45, 7) is 6.70. The van der Waals surface area contributed by atoms with Crippen LogP contribution >= 0.6 is 0 Å². The minimum atomic E-state index is -0.0625. The van der Waals surface area contributed by atoms with Crippen LogP contribution in [0.25, 0.3) is 0 Å². The van der Waals surface area contributed by atoms with E-state index in [2.05, 4.69) is 18.7 Å². The Morgan fingerprint density at radius 3 is 2.38 bits per heavy atom. The molecule has 1 saturated heterocycles. The molecule has 1 N–H and O–H groups in total. The van der Waals surface area contributed by atoms with Gasteiger partial charge in [-0.2, -0.15) is 0 Å². The maximum atomic E-state index is 9.48. The highest BCUT2D eigenvalue weighted by molar-refractivity contribution is 4.86. The van der Waals surface area contributed by atoms with Crippen molar-refractivity contribution >= 4 is 0 Å². The van der Waals surface area contributed by atoms with Crippen LogP contribution in [0.5, 0.6) is 0 Å². The largest absolute Gasteiger partial charge is 0.392 e. The van der Waals surface area contributed by atoms with Gasteiger partial charge in [0.1, 0.15) is 0 Å². The molecule has 76 valence electrons. The molecule has 2 nitrogen and oxygen atoms in total. The molecule has 0 aromatic heterocycles. The maximum Gasteiger partial charge on any atom is 0.0682 e. The van der Waals surface area contributed by atoms with Crippen molar-refractivity contribution in [1.29, 1.82) is 0 Å². The van der Waals surface area contributed by atoms with Crippen LogP contribution in [-0.4, -0.2) is 35.2 Å². The summed E-state index contributed by atoms with van der Waals surface area (Å²) in [7, 11) is 0. The summed E-state index contributed by atoms with van der Waals surface area (Å²) < 4.78 is 0. The monoisotopic (exact) mass is 183 g/mol. The van der Waals surface area contributed by atoms with Crippen LogP contribution in [0.3, 0.4) is 0 Å². The molecular formula is C11H21NO. The highest BCUT2D eigenvalue weighted by atomic mass is 16.3. The fraction of sp³-hybridized carbons (Fsp3) is 1.00. The van der Waals surface area contributed by atoms with Gasteiger partial charge in [0.15, 0.2) is 0 Å². The Balaban J connectivity index is 1.75. The Hall–Kier alpha value is -0.0800. The van der Waals surface area contributed by atoms with E-state index in [0.29, 0.717) is 6.04 Å². The number of rotatable bonds is 2. The van der Waals surface area contributed by atoms with E-state index in [1.165, 1.54) is 19.4 Å². The first-order chi connectivity index (χ1) is 6.15. The van der Waals surface area contributed by atoms with Crippen LogP contribution in [0.2, 0.25) is 0 Å². The van der Waals surface area contributed by atoms with Crippen LogP contribution in [-0.2, 0) is 0 Å². The molecule has 1 aliphatic heterocycles. The van der Waals surface area contributed by atoms with Gasteiger partial charge in [0.05, 0.1) is 6.10 Å². The van der Waals surface area contributed by atoms with Crippen LogP contribution < -0.4 is 0 Å². The lowest BCUT2D eigenvalue weighted by atomic mass is 9.76. The lowest BCUT2D eigenvalue weighted by Crippen LogP contribution is -2.37. The average Bonchev–Trinajstić information content (AvgIpc) is 2.27. The number of β-amino-alcohol motifs (C(OH)–C–C–N with tert-alkyl or cyclic N) is 1. The van der Waals surface area contributed by atoms with Gasteiger partial charge in [0, 0.05) is 19.1 Å². The van der Waals surface area contributed by atoms with Gasteiger partial charge in [0.2, 0.25) is 0 Å². The molecule has 0 bridgehead atoms. The average molecular weight is 183 g/mol. The number of hydrogen-bond acceptors (Lipinski definition) is 2. The predicted molar refractivity (Wildman–Crippen MR) is 53.5 cm³/mol. The third kappa shape index (κ3) is 2.05. The SMILES string of the molecule is CC1CC(CN2CC(O)C[C@H]2C)C1. The van der Waals surface area contributed by atoms with Crippen LogP contribution in [0.15, 0.2) is 0 Å². The highest BCUT2D eigenvalue weighted by Crippen LogP contribution is 2.34. The zero-order valence-corrected chi connectivity index (χ0v) is 8.74. The second-order valence-corrected chi connectivity index (χ2v) is 5.14. The smallest absolute Gasteiger partial charge is 0.0682 e. The van der Waals surface area contributed by atoms with Crippen molar-refractivity contribution in [2.24, 2.45) is 11.8 Å². The number of hydrogen-bond donors (Lipinski definition) is 1. The molecule has 1 unspecified atom stereocenters. The molecule has 0 amide bonds. The van der Waals surface area contributed by atoms with Gasteiger partial charge < -0.3 is 5.11 Å². The molecule has 1 aliphatic carbocycles. The minimum Gasteiger partial charge on any atom is -0.392 e. The summed E-state index contributed by atoms with van der Waals surface area (Å²) >= 11 is 0. The van der Waals surface area contributed by atoms with Crippen molar-refractivity contribution in [2.45, 2.75) is 45.3 Å². The van der Waals surface area contributed by atoms with Gasteiger partial charge in [-0.1, -0.05) is 6.92 Å². The molecule has 0 radical (unpaired) electrons. The first kappa shape index (κ1) is 9.47. The van der Waals surface area contributed by atoms with E-state index in [0.717, 1.165) is 24.8 Å². The van der Waals surface area contributed by atoms with Crippen molar-refractivity contribution in [3.63, 3.8) is 0 Å². The lowest BCUT2D eigenvalue weighted by molar-refractivity contribution is 0.118. The standard InChI is InChI=1S/C11H21NO/c1-8-3-10(4-8)6-12-7-11(13)5-9(12)2/h8-11,13H,3-7H2,1-2H3/t8?,9-,10?,11?/m1/s1. The summed E-state index contributed by atoms with van der Waals surface area (Å²) in [5, 5.41) is 9.48. The molecule has 2 fully saturated rings. The summed E-state index contributed by atoms with van der Waals surface area (Å²) in [4.78, 5) is 2.46. The molecule has 0 aromatic carbocycles. The molecule has 2 rings (SSSR count). The van der Waals surface area contributed by atoms with E-state index < -0.39 is 0 Å². The third-order valence-corrected chi connectivity index (χ3v) is 3.65. The van der Waals surface area contributed by atoms with Crippen molar-refractivity contribution in [1.82, 2.24) is 4.90 Å². The topological polar surface area (TPSA) is 23.5 Å². The summed E-state index contributed by atoms with van der Waals surface area (Å²) in [6.07, 6.45) is 3.72. The Kier molecular flexibility index (Phi) is 2.61. The van der Waals surface area contributed by atoms with Gasteiger partial charge in [-0.25, -0.2) is 0 Å². The zero-order chi connectivity index (χ0) is 9.42. The molecule has 2 heteroatoms. The van der Waals surface area contributed by atoms with Crippen molar-refractivity contribution in [3.05, 3.63) is 0 Å². The number of nitrogens with zero attached hydrogens (tertiary/aromatic N) is 1. The second-order valence-electron chi connectivity index (χ2n) is 5.14. The fourth-order valence-corrected chi connectivity index (χ4v) is 2.87. The predicted octanol–water partition coefficient (Wildman–Crippen LogP) is 1.49. The molecule has 2 aliphatic rings. The molecule has 0 aromatic rings. The first-order valence-corrected chi connectivity index (χ1v) is 5.57. The number of likely N-dealkylation sites (tertiary alicyclic amines) is 1. The Bertz CT molecular complexity index is 177. The maximum absolute atomic E-state index is 9.48. The summed E-state index contributed by atoms with van der Waals surface area (Å²) in [6, 6.07) is 0.603. The van der Waals surface area contributed by atoms with Gasteiger partial charge in [-0.05, 0) is 38.0 Å². The van der Waals surface area contributed by atoms with E-state index in [-0.39, 0.29) is 6.10 Å². The molecule has 1 heterocycles. The molecule has 2 atom stereocenters. The Morgan fingerprint density at radius 2 is 1.92 bits per heavy atom. The molecule has 0 spiro atoms. The van der Waals surface area contributed by atoms with E-state index in [4.69, 9.17) is 0 Å². The van der Waals surface area contributed by atoms with Crippen LogP contribution in [0.1, 0.15) is 33.1 Å². The van der Waals surface area contributed by atoms with E-state index in [9.17, 15) is 5.11 Å². The Morgan fingerprint density at radius 1 is 1.23 bits per heavy atom. The second kappa shape index (κ2) is 3.58. The summed E-state index contributed by atoms with van der Waals surface area (Å²) in [5.41, 5.74) is 0. The van der Waals surface area contributed by atoms with Crippen molar-refractivity contribution < 1.29 is 5.11 Å². The van der Waals surface area contributed by atoms with Gasteiger partial charge in [-0.15, -0.1) is 0 Å². The van der Waals surface area contributed by atoms with Gasteiger partial charge in [-0.3, -0.25) is 4.90 Å². The third-order valence-electron chi connectivity index (χ3n) is 3.65. The molecular weight excluding hydrogens is 162 g/mol. The van der Waals surface area contributed by atoms with E-state index >= 15 is 0 Å². The molecule has 13 heavy (non-hydrogen) atoms. The van der Waals surface area contributed by atoms with Crippen molar-refractivity contribution in [3.8, 4) is 0 Å². The van der Waals surface area contributed by atoms with Crippen LogP contribution in [0.4, 0.5) is 0 Å². The lowest BCUT2D eigenvalue weighted by Gasteiger charge is -2.36. The number of aliphatic hydroxyl groups excluding tert-OH is 1. The van der Waals surface area contributed by atoms with E-state index in [1.54, 1.807) is 0 Å². The van der Waals surface area contributed by atoms with Gasteiger partial charge >= 0.3 is 0 Å². The highest BCUT2D eigenvalue weighted by Gasteiger charge is 2.32. The normalized spacial score (nSPS) is 46.4. The number of aliphatic hydroxyl groups is 1. The summed E-state index contributed by atoms with van der Waals surface area (Å²) in [5.74, 6) is 1.87. The fourth-order valence-electron chi connectivity index (χ4n) is 2.87. The Labute approximate surface area is 80.9 Å². The zero-order valence-electron chi connectivity index (χ0n) is 8.74. The van der Waals surface area contributed by atoms with Gasteiger partial charge in [0.25, 0.3) is 0 Å². The quantitative estimate of drug-likeness (QED) is 0.701. The van der Waals surface area contributed by atoms with Crippen LogP contribution in [0, 0.1) is 11.8 Å². The first-order valence-electron chi connectivity index (χ1n) is 5.57. The molecule has 1 saturated carbocycles. The van der Waals surface area contributed by atoms with E-state index in [1.807, 2.05) is 0 Å². The van der Waals surface area contributed by atoms with Crippen molar-refractivity contribution in [2.75, 3.05) is 13.1 Å².